The molecule has 0 amide bonds. The van der Waals surface area contributed by atoms with Gasteiger partial charge in [-0.3, -0.25) is 4.79 Å². The molecule has 1 aliphatic carbocycles. The van der Waals surface area contributed by atoms with E-state index in [0.717, 1.165) is 12.8 Å². The number of carbonyl (C=O) groups is 2. The van der Waals surface area contributed by atoms with Crippen molar-refractivity contribution in [1.82, 2.24) is 0 Å². The average molecular weight is 280 g/mol. The largest absolute Gasteiger partial charge is 0.514 e. The summed E-state index contributed by atoms with van der Waals surface area (Å²) in [5.41, 5.74) is 0. The van der Waals surface area contributed by atoms with Crippen molar-refractivity contribution < 1.29 is 28.5 Å². The summed E-state index contributed by atoms with van der Waals surface area (Å²) >= 11 is 0. The summed E-state index contributed by atoms with van der Waals surface area (Å²) in [6.07, 6.45) is 0.832. The van der Waals surface area contributed by atoms with Gasteiger partial charge in [0, 0.05) is 7.11 Å². The molecule has 6 nitrogen and oxygen atoms in total. The molecule has 0 atom stereocenters. The minimum Gasteiger partial charge on any atom is -0.432 e. The van der Waals surface area contributed by atoms with Crippen molar-refractivity contribution in [2.24, 2.45) is 5.92 Å². The molecule has 0 saturated heterocycles. The Morgan fingerprint density at radius 3 is 2.35 bits per heavy atom. The molecule has 0 spiro atoms. The molecule has 0 N–H and O–H groups in total. The standard InChI is InChI=1S/C14H16O6/c1-17-8-9-18-14(16)20-12-5-3-2-4-11(12)19-13(15)10-6-7-10/h2-5,10H,6-9H2,1H3. The van der Waals surface area contributed by atoms with Gasteiger partial charge in [-0.2, -0.15) is 0 Å². The predicted octanol–water partition coefficient (Wildman–Crippen LogP) is 2.16. The highest BCUT2D eigenvalue weighted by Gasteiger charge is 2.32. The van der Waals surface area contributed by atoms with Crippen LogP contribution in [0.25, 0.3) is 0 Å². The van der Waals surface area contributed by atoms with E-state index < -0.39 is 6.16 Å². The van der Waals surface area contributed by atoms with Gasteiger partial charge in [0.15, 0.2) is 11.5 Å². The number of benzene rings is 1. The van der Waals surface area contributed by atoms with Crippen LogP contribution in [0.15, 0.2) is 24.3 Å². The van der Waals surface area contributed by atoms with Crippen molar-refractivity contribution in [1.29, 1.82) is 0 Å². The van der Waals surface area contributed by atoms with E-state index in [4.69, 9.17) is 18.9 Å². The van der Waals surface area contributed by atoms with Gasteiger partial charge in [0.05, 0.1) is 12.5 Å². The molecule has 0 heterocycles. The highest BCUT2D eigenvalue weighted by Crippen LogP contribution is 2.33. The van der Waals surface area contributed by atoms with Crippen LogP contribution in [0.4, 0.5) is 4.79 Å². The van der Waals surface area contributed by atoms with Gasteiger partial charge < -0.3 is 18.9 Å². The van der Waals surface area contributed by atoms with Gasteiger partial charge in [-0.05, 0) is 25.0 Å². The lowest BCUT2D eigenvalue weighted by Gasteiger charge is -2.10. The number of rotatable bonds is 6. The van der Waals surface area contributed by atoms with Crippen molar-refractivity contribution in [3.63, 3.8) is 0 Å². The zero-order valence-electron chi connectivity index (χ0n) is 11.2. The second-order valence-electron chi connectivity index (χ2n) is 4.34. The fourth-order valence-corrected chi connectivity index (χ4v) is 1.46. The van der Waals surface area contributed by atoms with Crippen molar-refractivity contribution in [2.75, 3.05) is 20.3 Å². The van der Waals surface area contributed by atoms with Crippen LogP contribution in [-0.4, -0.2) is 32.4 Å². The van der Waals surface area contributed by atoms with Gasteiger partial charge in [0.25, 0.3) is 0 Å². The van der Waals surface area contributed by atoms with E-state index in [0.29, 0.717) is 0 Å². The third-order valence-corrected chi connectivity index (χ3v) is 2.67. The molecule has 0 radical (unpaired) electrons. The highest BCUT2D eigenvalue weighted by atomic mass is 16.7. The minimum atomic E-state index is -0.864. The van der Waals surface area contributed by atoms with Crippen molar-refractivity contribution in [3.05, 3.63) is 24.3 Å². The first-order valence-corrected chi connectivity index (χ1v) is 6.35. The smallest absolute Gasteiger partial charge is 0.432 e. The van der Waals surface area contributed by atoms with Crippen molar-refractivity contribution in [3.8, 4) is 11.5 Å². The maximum atomic E-state index is 11.6. The van der Waals surface area contributed by atoms with Gasteiger partial charge in [-0.25, -0.2) is 4.79 Å². The number of para-hydroxylation sites is 2. The molecule has 2 rings (SSSR count). The van der Waals surface area contributed by atoms with Crippen LogP contribution in [-0.2, 0) is 14.3 Å². The molecule has 1 fully saturated rings. The van der Waals surface area contributed by atoms with E-state index in [1.165, 1.54) is 13.2 Å². The Morgan fingerprint density at radius 2 is 1.75 bits per heavy atom. The Kier molecular flexibility index (Phi) is 4.95. The number of carbonyl (C=O) groups excluding carboxylic acids is 2. The molecule has 6 heteroatoms. The van der Waals surface area contributed by atoms with E-state index in [9.17, 15) is 9.59 Å². The van der Waals surface area contributed by atoms with Crippen LogP contribution in [0, 0.1) is 5.92 Å². The normalized spacial score (nSPS) is 13.7. The van der Waals surface area contributed by atoms with Crippen molar-refractivity contribution in [2.45, 2.75) is 12.8 Å². The molecular weight excluding hydrogens is 264 g/mol. The van der Waals surface area contributed by atoms with Crippen LogP contribution < -0.4 is 9.47 Å². The van der Waals surface area contributed by atoms with Gasteiger partial charge in [0.2, 0.25) is 0 Å². The second-order valence-corrected chi connectivity index (χ2v) is 4.34. The Labute approximate surface area is 116 Å². The molecule has 108 valence electrons. The summed E-state index contributed by atoms with van der Waals surface area (Å²) in [5, 5.41) is 0. The third-order valence-electron chi connectivity index (χ3n) is 2.67. The molecule has 20 heavy (non-hydrogen) atoms. The quantitative estimate of drug-likeness (QED) is 0.344. The summed E-state index contributed by atoms with van der Waals surface area (Å²) in [5.74, 6) is 0.0440. The van der Waals surface area contributed by atoms with Crippen LogP contribution in [0.3, 0.4) is 0 Å². The topological polar surface area (TPSA) is 71.1 Å². The molecule has 1 aliphatic rings. The predicted molar refractivity (Wildman–Crippen MR) is 68.7 cm³/mol. The molecule has 0 bridgehead atoms. The maximum absolute atomic E-state index is 11.6. The Balaban J connectivity index is 1.92. The number of hydrogen-bond donors (Lipinski definition) is 0. The van der Waals surface area contributed by atoms with E-state index in [2.05, 4.69) is 0 Å². The average Bonchev–Trinajstić information content (AvgIpc) is 3.25. The summed E-state index contributed by atoms with van der Waals surface area (Å²) in [7, 11) is 1.50. The molecule has 0 aliphatic heterocycles. The third kappa shape index (κ3) is 4.24. The Hall–Kier alpha value is -2.08. The lowest BCUT2D eigenvalue weighted by atomic mass is 10.3. The first kappa shape index (κ1) is 14.3. The Bertz CT molecular complexity index is 480. The van der Waals surface area contributed by atoms with E-state index >= 15 is 0 Å². The summed E-state index contributed by atoms with van der Waals surface area (Å²) in [4.78, 5) is 23.0. The minimum absolute atomic E-state index is 0.0308. The molecular formula is C14H16O6. The summed E-state index contributed by atoms with van der Waals surface area (Å²) < 4.78 is 19.7. The van der Waals surface area contributed by atoms with Crippen LogP contribution >= 0.6 is 0 Å². The highest BCUT2D eigenvalue weighted by molar-refractivity contribution is 5.78. The Morgan fingerprint density at radius 1 is 1.10 bits per heavy atom. The van der Waals surface area contributed by atoms with E-state index in [1.54, 1.807) is 18.2 Å². The zero-order valence-corrected chi connectivity index (χ0v) is 11.2. The summed E-state index contributed by atoms with van der Waals surface area (Å²) in [6, 6.07) is 6.47. The monoisotopic (exact) mass is 280 g/mol. The number of hydrogen-bond acceptors (Lipinski definition) is 6. The van der Waals surface area contributed by atoms with Crippen LogP contribution in [0.5, 0.6) is 11.5 Å². The molecule has 1 aromatic rings. The van der Waals surface area contributed by atoms with E-state index in [-0.39, 0.29) is 36.6 Å². The molecule has 1 aromatic carbocycles. The zero-order chi connectivity index (χ0) is 14.4. The first-order valence-electron chi connectivity index (χ1n) is 6.35. The number of methoxy groups -OCH3 is 1. The lowest BCUT2D eigenvalue weighted by molar-refractivity contribution is -0.135. The van der Waals surface area contributed by atoms with Crippen molar-refractivity contribution >= 4 is 12.1 Å². The fourth-order valence-electron chi connectivity index (χ4n) is 1.46. The van der Waals surface area contributed by atoms with Gasteiger partial charge >= 0.3 is 12.1 Å². The SMILES string of the molecule is COCCOC(=O)Oc1ccccc1OC(=O)C1CC1. The summed E-state index contributed by atoms with van der Waals surface area (Å²) in [6.45, 7) is 0.382. The number of ether oxygens (including phenoxy) is 4. The van der Waals surface area contributed by atoms with Crippen LogP contribution in [0.1, 0.15) is 12.8 Å². The molecule has 0 aromatic heterocycles. The van der Waals surface area contributed by atoms with Gasteiger partial charge in [-0.15, -0.1) is 0 Å². The van der Waals surface area contributed by atoms with E-state index in [1.807, 2.05) is 0 Å². The van der Waals surface area contributed by atoms with Gasteiger partial charge in [-0.1, -0.05) is 12.1 Å². The number of esters is 1. The van der Waals surface area contributed by atoms with Crippen LogP contribution in [0.2, 0.25) is 0 Å². The molecule has 1 saturated carbocycles. The maximum Gasteiger partial charge on any atom is 0.514 e. The second kappa shape index (κ2) is 6.91. The molecule has 0 unspecified atom stereocenters. The van der Waals surface area contributed by atoms with Gasteiger partial charge in [0.1, 0.15) is 6.61 Å². The first-order chi connectivity index (χ1) is 9.70. The lowest BCUT2D eigenvalue weighted by Crippen LogP contribution is -2.15. The fraction of sp³-hybridized carbons (Fsp3) is 0.429.